The Labute approximate surface area is 129 Å². The van der Waals surface area contributed by atoms with Gasteiger partial charge < -0.3 is 5.11 Å². The zero-order valence-corrected chi connectivity index (χ0v) is 16.2. The van der Waals surface area contributed by atoms with E-state index in [9.17, 15) is 5.11 Å². The minimum atomic E-state index is -1.08. The molecule has 0 heterocycles. The highest BCUT2D eigenvalue weighted by molar-refractivity contribution is 7.97. The lowest BCUT2D eigenvalue weighted by molar-refractivity contribution is 0.0145. The largest absolute Gasteiger partial charge is 0.387 e. The predicted octanol–water partition coefficient (Wildman–Crippen LogP) is 3.85. The van der Waals surface area contributed by atoms with Crippen molar-refractivity contribution in [3.05, 3.63) is 11.8 Å². The predicted molar refractivity (Wildman–Crippen MR) is 95.0 cm³/mol. The van der Waals surface area contributed by atoms with Crippen LogP contribution in [0.5, 0.6) is 0 Å². The molecule has 3 heteroatoms. The molecule has 0 aromatic rings. The Bertz CT molecular complexity index is 398. The summed E-state index contributed by atoms with van der Waals surface area (Å²) in [7, 11) is -0.776. The third-order valence-electron chi connectivity index (χ3n) is 6.18. The van der Waals surface area contributed by atoms with Crippen molar-refractivity contribution in [2.45, 2.75) is 64.6 Å². The van der Waals surface area contributed by atoms with Gasteiger partial charge in [-0.2, -0.15) is 0 Å². The molecule has 5 unspecified atom stereocenters. The zero-order chi connectivity index (χ0) is 15.3. The molecule has 116 valence electrons. The van der Waals surface area contributed by atoms with Crippen molar-refractivity contribution in [1.82, 2.24) is 0 Å². The second-order valence-corrected chi connectivity index (χ2v) is 16.1. The quantitative estimate of drug-likeness (QED) is 0.617. The van der Waals surface area contributed by atoms with E-state index < -0.39 is 8.07 Å². The Hall–Kier alpha value is 0.267. The highest BCUT2D eigenvalue weighted by Crippen LogP contribution is 2.66. The van der Waals surface area contributed by atoms with Crippen LogP contribution in [0.1, 0.15) is 33.6 Å². The average molecular weight is 314 g/mol. The van der Waals surface area contributed by atoms with E-state index in [0.29, 0.717) is 21.6 Å². The normalized spacial score (nSPS) is 41.5. The molecule has 0 radical (unpaired) electrons. The number of hydrogen-bond donors (Lipinski definition) is 1. The molecule has 0 saturated heterocycles. The zero-order valence-electron chi connectivity index (χ0n) is 14.4. The van der Waals surface area contributed by atoms with Crippen molar-refractivity contribution >= 4 is 19.0 Å². The van der Waals surface area contributed by atoms with Gasteiger partial charge in [-0.15, -0.1) is 0 Å². The van der Waals surface area contributed by atoms with Gasteiger partial charge >= 0.3 is 0 Å². The fraction of sp³-hybridized carbons (Fsp3) is 0.882. The Morgan fingerprint density at radius 1 is 1.25 bits per heavy atom. The van der Waals surface area contributed by atoms with Crippen molar-refractivity contribution in [2.24, 2.45) is 16.7 Å². The van der Waals surface area contributed by atoms with Crippen LogP contribution in [0.2, 0.25) is 19.6 Å². The van der Waals surface area contributed by atoms with Crippen molar-refractivity contribution < 1.29 is 5.11 Å². The average Bonchev–Trinajstić information content (AvgIpc) is 2.59. The molecule has 2 bridgehead atoms. The third kappa shape index (κ3) is 2.54. The van der Waals surface area contributed by atoms with Crippen LogP contribution in [-0.4, -0.2) is 36.5 Å². The minimum Gasteiger partial charge on any atom is -0.387 e. The van der Waals surface area contributed by atoms with Crippen LogP contribution < -0.4 is 0 Å². The van der Waals surface area contributed by atoms with Gasteiger partial charge in [-0.3, -0.25) is 0 Å². The molecule has 2 aliphatic rings. The smallest absolute Gasteiger partial charge is 0.147 e. The molecule has 2 rings (SSSR count). The summed E-state index contributed by atoms with van der Waals surface area (Å²) >= 11 is 0. The van der Waals surface area contributed by atoms with Crippen LogP contribution in [0.25, 0.3) is 0 Å². The van der Waals surface area contributed by atoms with Crippen LogP contribution in [0.4, 0.5) is 0 Å². The molecular formula is C17H33OSSi+. The fourth-order valence-electron chi connectivity index (χ4n) is 4.41. The Kier molecular flexibility index (Phi) is 4.30. The Morgan fingerprint density at radius 3 is 2.30 bits per heavy atom. The molecule has 2 fully saturated rings. The Balaban J connectivity index is 2.09. The molecule has 5 atom stereocenters. The molecule has 0 aromatic heterocycles. The van der Waals surface area contributed by atoms with Crippen LogP contribution in [0.15, 0.2) is 11.8 Å². The summed E-state index contributed by atoms with van der Waals surface area (Å²) in [5, 5.41) is 11.4. The highest BCUT2D eigenvalue weighted by atomic mass is 32.2. The molecule has 2 aliphatic carbocycles. The van der Waals surface area contributed by atoms with Gasteiger partial charge in [0.2, 0.25) is 0 Å². The van der Waals surface area contributed by atoms with E-state index in [-0.39, 0.29) is 11.5 Å². The maximum absolute atomic E-state index is 10.9. The second-order valence-electron chi connectivity index (χ2n) is 8.82. The molecule has 1 nitrogen and oxygen atoms in total. The standard InChI is InChI=1S/C17H33OSSi/c1-16(2)13-9-10-17(16,3)15(18)14(13)19(4)11-8-12-20(5,6)7/h8,12-15,18H,9-11H2,1-7H3/q+1/b12-8+. The summed E-state index contributed by atoms with van der Waals surface area (Å²) in [5.41, 5.74) is 2.91. The lowest BCUT2D eigenvalue weighted by atomic mass is 9.70. The second kappa shape index (κ2) is 5.17. The number of aliphatic hydroxyl groups excluding tert-OH is 1. The minimum absolute atomic E-state index is 0.0927. The SMILES string of the molecule is C[S+](C/C=C/[Si](C)(C)C)C1C2CCC(C)(C1O)C2(C)C. The molecule has 2 saturated carbocycles. The summed E-state index contributed by atoms with van der Waals surface area (Å²) in [6, 6.07) is 0. The van der Waals surface area contributed by atoms with Gasteiger partial charge in [-0.25, -0.2) is 0 Å². The van der Waals surface area contributed by atoms with Gasteiger partial charge in [0.1, 0.15) is 17.1 Å². The van der Waals surface area contributed by atoms with E-state index in [2.05, 4.69) is 58.4 Å². The van der Waals surface area contributed by atoms with Gasteiger partial charge in [0.25, 0.3) is 0 Å². The molecule has 1 N–H and O–H groups in total. The summed E-state index contributed by atoms with van der Waals surface area (Å²) in [5.74, 6) is 1.88. The lowest BCUT2D eigenvalue weighted by Crippen LogP contribution is -2.43. The van der Waals surface area contributed by atoms with E-state index >= 15 is 0 Å². The summed E-state index contributed by atoms with van der Waals surface area (Å²) in [6.07, 6.45) is 7.22. The van der Waals surface area contributed by atoms with Crippen molar-refractivity contribution in [2.75, 3.05) is 12.0 Å². The summed E-state index contributed by atoms with van der Waals surface area (Å²) < 4.78 is 0. The molecular weight excluding hydrogens is 280 g/mol. The molecule has 0 spiro atoms. The summed E-state index contributed by atoms with van der Waals surface area (Å²) in [4.78, 5) is 0. The topological polar surface area (TPSA) is 20.2 Å². The fourth-order valence-corrected chi connectivity index (χ4v) is 7.81. The number of hydrogen-bond acceptors (Lipinski definition) is 1. The van der Waals surface area contributed by atoms with E-state index in [1.54, 1.807) is 0 Å². The van der Waals surface area contributed by atoms with Crippen LogP contribution in [-0.2, 0) is 10.9 Å². The van der Waals surface area contributed by atoms with Crippen LogP contribution in [0, 0.1) is 16.7 Å². The first-order chi connectivity index (χ1) is 9.01. The van der Waals surface area contributed by atoms with E-state index in [1.807, 2.05) is 0 Å². The Morgan fingerprint density at radius 2 is 1.85 bits per heavy atom. The molecule has 0 aliphatic heterocycles. The highest BCUT2D eigenvalue weighted by Gasteiger charge is 2.69. The first-order valence-corrected chi connectivity index (χ1v) is 13.4. The van der Waals surface area contributed by atoms with Gasteiger partial charge in [0, 0.05) is 11.3 Å². The van der Waals surface area contributed by atoms with E-state index in [1.165, 1.54) is 12.8 Å². The maximum Gasteiger partial charge on any atom is 0.147 e. The van der Waals surface area contributed by atoms with E-state index in [0.717, 1.165) is 11.7 Å². The van der Waals surface area contributed by atoms with Gasteiger partial charge in [-0.1, -0.05) is 46.1 Å². The number of rotatable bonds is 4. The van der Waals surface area contributed by atoms with Crippen LogP contribution in [0.3, 0.4) is 0 Å². The summed E-state index contributed by atoms with van der Waals surface area (Å²) in [6.45, 7) is 14.3. The third-order valence-corrected chi connectivity index (χ3v) is 9.65. The molecule has 0 amide bonds. The molecule has 0 aromatic carbocycles. The van der Waals surface area contributed by atoms with E-state index in [4.69, 9.17) is 0 Å². The number of fused-ring (bicyclic) bond motifs is 2. The van der Waals surface area contributed by atoms with Crippen molar-refractivity contribution in [1.29, 1.82) is 0 Å². The van der Waals surface area contributed by atoms with Crippen LogP contribution >= 0.6 is 0 Å². The van der Waals surface area contributed by atoms with Crippen molar-refractivity contribution in [3.8, 4) is 0 Å². The lowest BCUT2D eigenvalue weighted by Gasteiger charge is -2.36. The van der Waals surface area contributed by atoms with Crippen molar-refractivity contribution in [3.63, 3.8) is 0 Å². The van der Waals surface area contributed by atoms with Gasteiger partial charge in [0.05, 0.1) is 14.3 Å². The van der Waals surface area contributed by atoms with Gasteiger partial charge in [-0.05, 0) is 35.2 Å². The first kappa shape index (κ1) is 16.6. The monoisotopic (exact) mass is 313 g/mol. The van der Waals surface area contributed by atoms with Gasteiger partial charge in [0.15, 0.2) is 0 Å². The molecule has 20 heavy (non-hydrogen) atoms. The first-order valence-electron chi connectivity index (χ1n) is 7.98. The number of aliphatic hydroxyl groups is 1. The maximum atomic E-state index is 10.9.